The van der Waals surface area contributed by atoms with Gasteiger partial charge in [0.1, 0.15) is 12.4 Å². The molecule has 0 N–H and O–H groups in total. The fourth-order valence-corrected chi connectivity index (χ4v) is 2.08. The molecule has 0 saturated heterocycles. The smallest absolute Gasteiger partial charge is 0.269 e. The van der Waals surface area contributed by atoms with Crippen LogP contribution in [0.5, 0.6) is 5.75 Å². The summed E-state index contributed by atoms with van der Waals surface area (Å²) in [5, 5.41) is 10.6. The zero-order valence-electron chi connectivity index (χ0n) is 10.1. The lowest BCUT2D eigenvalue weighted by Crippen LogP contribution is -2.06. The van der Waals surface area contributed by atoms with Crippen molar-refractivity contribution >= 4 is 17.3 Å². The molecular formula is C15H11NO3. The third-order valence-electron chi connectivity index (χ3n) is 3.08. The molecular weight excluding hydrogens is 242 g/mol. The summed E-state index contributed by atoms with van der Waals surface area (Å²) in [6.07, 6.45) is 2.06. The Kier molecular flexibility index (Phi) is 2.76. The van der Waals surface area contributed by atoms with E-state index in [1.807, 2.05) is 24.3 Å². The number of rotatable bonds is 2. The summed E-state index contributed by atoms with van der Waals surface area (Å²) in [6, 6.07) is 14.3. The van der Waals surface area contributed by atoms with E-state index in [-0.39, 0.29) is 5.69 Å². The van der Waals surface area contributed by atoms with Gasteiger partial charge in [-0.1, -0.05) is 18.2 Å². The standard InChI is InChI=1S/C15H11NO3/c17-16(18)14-7-5-11(6-8-14)13-9-12-3-1-2-4-15(12)19-10-13/h1-9H,10H2. The van der Waals surface area contributed by atoms with E-state index in [2.05, 4.69) is 6.08 Å². The highest BCUT2D eigenvalue weighted by Crippen LogP contribution is 2.30. The van der Waals surface area contributed by atoms with Crippen molar-refractivity contribution in [3.8, 4) is 5.75 Å². The molecule has 1 aliphatic heterocycles. The minimum absolute atomic E-state index is 0.0986. The molecule has 0 saturated carbocycles. The molecule has 0 radical (unpaired) electrons. The number of hydrogen-bond donors (Lipinski definition) is 0. The van der Waals surface area contributed by atoms with E-state index in [0.29, 0.717) is 6.61 Å². The monoisotopic (exact) mass is 253 g/mol. The van der Waals surface area contributed by atoms with Crippen LogP contribution in [0.25, 0.3) is 11.6 Å². The third-order valence-corrected chi connectivity index (χ3v) is 3.08. The van der Waals surface area contributed by atoms with Gasteiger partial charge in [0.05, 0.1) is 4.92 Å². The lowest BCUT2D eigenvalue weighted by atomic mass is 10.0. The molecule has 0 bridgehead atoms. The molecule has 94 valence electrons. The second-order valence-electron chi connectivity index (χ2n) is 4.30. The van der Waals surface area contributed by atoms with Gasteiger partial charge in [0, 0.05) is 17.7 Å². The molecule has 0 aromatic heterocycles. The van der Waals surface area contributed by atoms with E-state index in [1.165, 1.54) is 12.1 Å². The zero-order chi connectivity index (χ0) is 13.2. The Balaban J connectivity index is 1.95. The van der Waals surface area contributed by atoms with Gasteiger partial charge in [0.2, 0.25) is 0 Å². The summed E-state index contributed by atoms with van der Waals surface area (Å²) in [4.78, 5) is 10.2. The van der Waals surface area contributed by atoms with Crippen LogP contribution in [0.4, 0.5) is 5.69 Å². The Morgan fingerprint density at radius 2 is 1.79 bits per heavy atom. The number of para-hydroxylation sites is 1. The van der Waals surface area contributed by atoms with Crippen LogP contribution in [0.3, 0.4) is 0 Å². The molecule has 2 aromatic carbocycles. The second-order valence-corrected chi connectivity index (χ2v) is 4.30. The van der Waals surface area contributed by atoms with Gasteiger partial charge >= 0.3 is 0 Å². The van der Waals surface area contributed by atoms with Crippen molar-refractivity contribution in [2.24, 2.45) is 0 Å². The van der Waals surface area contributed by atoms with Gasteiger partial charge in [-0.2, -0.15) is 0 Å². The Hall–Kier alpha value is -2.62. The van der Waals surface area contributed by atoms with Crippen molar-refractivity contribution in [3.63, 3.8) is 0 Å². The first kappa shape index (κ1) is 11.5. The van der Waals surface area contributed by atoms with Gasteiger partial charge in [-0.15, -0.1) is 0 Å². The van der Waals surface area contributed by atoms with Gasteiger partial charge in [-0.25, -0.2) is 0 Å². The normalized spacial score (nSPS) is 13.2. The van der Waals surface area contributed by atoms with E-state index in [0.717, 1.165) is 22.4 Å². The van der Waals surface area contributed by atoms with Crippen LogP contribution in [0.15, 0.2) is 48.5 Å². The molecule has 1 aliphatic rings. The number of ether oxygens (including phenoxy) is 1. The summed E-state index contributed by atoms with van der Waals surface area (Å²) in [7, 11) is 0. The van der Waals surface area contributed by atoms with Crippen molar-refractivity contribution in [1.29, 1.82) is 0 Å². The maximum absolute atomic E-state index is 10.6. The number of nitrogens with zero attached hydrogens (tertiary/aromatic N) is 1. The molecule has 2 aromatic rings. The number of nitro groups is 1. The predicted molar refractivity (Wildman–Crippen MR) is 72.9 cm³/mol. The number of non-ortho nitro benzene ring substituents is 1. The van der Waals surface area contributed by atoms with E-state index in [4.69, 9.17) is 4.74 Å². The van der Waals surface area contributed by atoms with Crippen LogP contribution in [-0.4, -0.2) is 11.5 Å². The van der Waals surface area contributed by atoms with Crippen LogP contribution in [-0.2, 0) is 0 Å². The molecule has 0 unspecified atom stereocenters. The molecule has 1 heterocycles. The predicted octanol–water partition coefficient (Wildman–Crippen LogP) is 3.53. The Morgan fingerprint density at radius 3 is 2.53 bits per heavy atom. The first-order valence-corrected chi connectivity index (χ1v) is 5.91. The maximum atomic E-state index is 10.6. The van der Waals surface area contributed by atoms with Crippen LogP contribution < -0.4 is 4.74 Å². The SMILES string of the molecule is O=[N+]([O-])c1ccc(C2=Cc3ccccc3OC2)cc1. The van der Waals surface area contributed by atoms with Crippen molar-refractivity contribution < 1.29 is 9.66 Å². The van der Waals surface area contributed by atoms with Crippen LogP contribution in [0.1, 0.15) is 11.1 Å². The van der Waals surface area contributed by atoms with E-state index in [9.17, 15) is 10.1 Å². The molecule has 4 nitrogen and oxygen atoms in total. The average Bonchev–Trinajstić information content (AvgIpc) is 2.47. The topological polar surface area (TPSA) is 52.4 Å². The summed E-state index contributed by atoms with van der Waals surface area (Å²) in [6.45, 7) is 0.481. The van der Waals surface area contributed by atoms with Crippen molar-refractivity contribution in [2.45, 2.75) is 0 Å². The molecule has 0 atom stereocenters. The van der Waals surface area contributed by atoms with Crippen molar-refractivity contribution in [1.82, 2.24) is 0 Å². The summed E-state index contributed by atoms with van der Waals surface area (Å²) < 4.78 is 5.67. The Bertz CT molecular complexity index is 659. The molecule has 0 spiro atoms. The number of hydrogen-bond acceptors (Lipinski definition) is 3. The average molecular weight is 253 g/mol. The Morgan fingerprint density at radius 1 is 1.05 bits per heavy atom. The van der Waals surface area contributed by atoms with Crippen LogP contribution >= 0.6 is 0 Å². The minimum atomic E-state index is -0.398. The van der Waals surface area contributed by atoms with Crippen LogP contribution in [0, 0.1) is 10.1 Å². The summed E-state index contributed by atoms with van der Waals surface area (Å²) >= 11 is 0. The highest BCUT2D eigenvalue weighted by molar-refractivity contribution is 5.85. The largest absolute Gasteiger partial charge is 0.488 e. The fourth-order valence-electron chi connectivity index (χ4n) is 2.08. The fraction of sp³-hybridized carbons (Fsp3) is 0.0667. The second kappa shape index (κ2) is 4.57. The summed E-state index contributed by atoms with van der Waals surface area (Å²) in [5.74, 6) is 0.869. The van der Waals surface area contributed by atoms with Gasteiger partial charge in [0.15, 0.2) is 0 Å². The molecule has 0 aliphatic carbocycles. The lowest BCUT2D eigenvalue weighted by Gasteiger charge is -2.17. The van der Waals surface area contributed by atoms with Crippen molar-refractivity contribution in [3.05, 3.63) is 69.8 Å². The lowest BCUT2D eigenvalue weighted by molar-refractivity contribution is -0.384. The highest BCUT2D eigenvalue weighted by Gasteiger charge is 2.13. The molecule has 19 heavy (non-hydrogen) atoms. The van der Waals surface area contributed by atoms with Crippen molar-refractivity contribution in [2.75, 3.05) is 6.61 Å². The summed E-state index contributed by atoms with van der Waals surface area (Å²) in [5.41, 5.74) is 3.09. The quantitative estimate of drug-likeness (QED) is 0.607. The van der Waals surface area contributed by atoms with Gasteiger partial charge < -0.3 is 4.74 Å². The van der Waals surface area contributed by atoms with Gasteiger partial charge in [0.25, 0.3) is 5.69 Å². The van der Waals surface area contributed by atoms with Gasteiger partial charge in [-0.3, -0.25) is 10.1 Å². The highest BCUT2D eigenvalue weighted by atomic mass is 16.6. The van der Waals surface area contributed by atoms with Gasteiger partial charge in [-0.05, 0) is 35.4 Å². The van der Waals surface area contributed by atoms with E-state index < -0.39 is 4.92 Å². The zero-order valence-corrected chi connectivity index (χ0v) is 10.1. The van der Waals surface area contributed by atoms with Crippen LogP contribution in [0.2, 0.25) is 0 Å². The number of fused-ring (bicyclic) bond motifs is 1. The first-order chi connectivity index (χ1) is 9.24. The molecule has 0 fully saturated rings. The van der Waals surface area contributed by atoms with E-state index >= 15 is 0 Å². The number of nitro benzene ring substituents is 1. The molecule has 4 heteroatoms. The third kappa shape index (κ3) is 2.20. The first-order valence-electron chi connectivity index (χ1n) is 5.91. The molecule has 3 rings (SSSR count). The van der Waals surface area contributed by atoms with E-state index in [1.54, 1.807) is 12.1 Å². The minimum Gasteiger partial charge on any atom is -0.488 e. The maximum Gasteiger partial charge on any atom is 0.269 e. The number of benzene rings is 2. The Labute approximate surface area is 110 Å². The molecule has 0 amide bonds.